The van der Waals surface area contributed by atoms with Crippen molar-refractivity contribution in [3.63, 3.8) is 0 Å². The summed E-state index contributed by atoms with van der Waals surface area (Å²) < 4.78 is 5.26. The highest BCUT2D eigenvalue weighted by molar-refractivity contribution is 5.44. The van der Waals surface area contributed by atoms with E-state index in [4.69, 9.17) is 4.74 Å². The Bertz CT molecular complexity index is 506. The van der Waals surface area contributed by atoms with Gasteiger partial charge in [-0.1, -0.05) is 26.8 Å². The summed E-state index contributed by atoms with van der Waals surface area (Å²) in [7, 11) is 1.62. The Morgan fingerprint density at radius 3 is 2.53 bits per heavy atom. The van der Waals surface area contributed by atoms with Crippen LogP contribution in [-0.2, 0) is 0 Å². The maximum atomic E-state index is 9.75. The third-order valence-corrected chi connectivity index (χ3v) is 6.40. The monoisotopic (exact) mass is 260 g/mol. The van der Waals surface area contributed by atoms with Crippen LogP contribution < -0.4 is 4.74 Å². The van der Waals surface area contributed by atoms with Gasteiger partial charge in [-0.3, -0.25) is 0 Å². The molecule has 0 amide bonds. The van der Waals surface area contributed by atoms with Crippen LogP contribution in [0.3, 0.4) is 0 Å². The molecule has 104 valence electrons. The van der Waals surface area contributed by atoms with Crippen LogP contribution in [0.5, 0.6) is 11.5 Å². The fraction of sp³-hybridized carbons (Fsp3) is 0.647. The third-order valence-electron chi connectivity index (χ3n) is 6.40. The average Bonchev–Trinajstić information content (AvgIpc) is 2.72. The quantitative estimate of drug-likeness (QED) is 0.857. The van der Waals surface area contributed by atoms with Crippen LogP contribution in [0, 0.1) is 16.7 Å². The van der Waals surface area contributed by atoms with Crippen molar-refractivity contribution in [3.05, 3.63) is 23.8 Å². The Kier molecular flexibility index (Phi) is 2.64. The van der Waals surface area contributed by atoms with E-state index < -0.39 is 0 Å². The lowest BCUT2D eigenvalue weighted by Gasteiger charge is -2.39. The molecule has 0 radical (unpaired) electrons. The number of fused-ring (bicyclic) bond motifs is 2. The average molecular weight is 260 g/mol. The Labute approximate surface area is 115 Å². The number of rotatable bonds is 2. The van der Waals surface area contributed by atoms with Crippen LogP contribution in [-0.4, -0.2) is 12.2 Å². The van der Waals surface area contributed by atoms with Crippen molar-refractivity contribution < 1.29 is 9.84 Å². The lowest BCUT2D eigenvalue weighted by atomic mass is 9.65. The molecule has 2 nitrogen and oxygen atoms in total. The van der Waals surface area contributed by atoms with Gasteiger partial charge in [-0.25, -0.2) is 0 Å². The van der Waals surface area contributed by atoms with E-state index in [0.29, 0.717) is 22.5 Å². The van der Waals surface area contributed by atoms with Gasteiger partial charge in [0, 0.05) is 0 Å². The lowest BCUT2D eigenvalue weighted by Crippen LogP contribution is -2.31. The molecular weight excluding hydrogens is 236 g/mol. The predicted molar refractivity (Wildman–Crippen MR) is 76.6 cm³/mol. The number of benzene rings is 1. The van der Waals surface area contributed by atoms with E-state index in [2.05, 4.69) is 26.8 Å². The van der Waals surface area contributed by atoms with Gasteiger partial charge in [0.05, 0.1) is 7.11 Å². The molecule has 2 heteroatoms. The molecule has 0 saturated heterocycles. The lowest BCUT2D eigenvalue weighted by molar-refractivity contribution is 0.134. The zero-order valence-electron chi connectivity index (χ0n) is 12.4. The molecule has 2 aliphatic rings. The molecular formula is C17H24O2. The fourth-order valence-corrected chi connectivity index (χ4v) is 4.62. The molecule has 2 aliphatic carbocycles. The topological polar surface area (TPSA) is 29.5 Å². The first-order chi connectivity index (χ1) is 8.90. The molecule has 2 saturated carbocycles. The smallest absolute Gasteiger partial charge is 0.160 e. The standard InChI is InChI=1S/C17H24O2/c1-16(2)12-7-8-17(16,3)13(10-12)11-5-6-14(18)15(9-11)19-4/h5-6,9,12-13,18H,7-8,10H2,1-4H3/t12-,13?,17-/m0/s1. The maximum absolute atomic E-state index is 9.75. The number of phenols is 1. The van der Waals surface area contributed by atoms with Gasteiger partial charge in [-0.2, -0.15) is 0 Å². The molecule has 0 aromatic heterocycles. The van der Waals surface area contributed by atoms with Gasteiger partial charge in [-0.15, -0.1) is 0 Å². The van der Waals surface area contributed by atoms with E-state index in [0.717, 1.165) is 5.92 Å². The van der Waals surface area contributed by atoms with E-state index in [9.17, 15) is 5.11 Å². The van der Waals surface area contributed by atoms with Crippen LogP contribution in [0.1, 0.15) is 51.5 Å². The summed E-state index contributed by atoms with van der Waals surface area (Å²) in [6.45, 7) is 7.31. The van der Waals surface area contributed by atoms with Crippen LogP contribution in [0.25, 0.3) is 0 Å². The molecule has 0 aliphatic heterocycles. The molecule has 0 heterocycles. The molecule has 2 fully saturated rings. The van der Waals surface area contributed by atoms with Gasteiger partial charge in [0.15, 0.2) is 11.5 Å². The molecule has 3 rings (SSSR count). The van der Waals surface area contributed by atoms with Crippen LogP contribution in [0.2, 0.25) is 0 Å². The largest absolute Gasteiger partial charge is 0.504 e. The first-order valence-electron chi connectivity index (χ1n) is 7.27. The second kappa shape index (κ2) is 3.91. The summed E-state index contributed by atoms with van der Waals surface area (Å²) in [5, 5.41) is 9.75. The number of hydrogen-bond donors (Lipinski definition) is 1. The number of ether oxygens (including phenoxy) is 1. The minimum Gasteiger partial charge on any atom is -0.504 e. The van der Waals surface area contributed by atoms with Gasteiger partial charge in [0.25, 0.3) is 0 Å². The Morgan fingerprint density at radius 2 is 2.00 bits per heavy atom. The highest BCUT2D eigenvalue weighted by Gasteiger charge is 2.61. The number of methoxy groups -OCH3 is 1. The van der Waals surface area contributed by atoms with E-state index >= 15 is 0 Å². The molecule has 3 atom stereocenters. The summed E-state index contributed by atoms with van der Waals surface area (Å²) in [5.41, 5.74) is 2.12. The molecule has 2 bridgehead atoms. The third kappa shape index (κ3) is 1.55. The maximum Gasteiger partial charge on any atom is 0.160 e. The predicted octanol–water partition coefficient (Wildman–Crippen LogP) is 4.33. The Balaban J connectivity index is 2.01. The number of aromatic hydroxyl groups is 1. The number of phenolic OH excluding ortho intramolecular Hbond substituents is 1. The van der Waals surface area contributed by atoms with Gasteiger partial charge >= 0.3 is 0 Å². The van der Waals surface area contributed by atoms with E-state index in [1.54, 1.807) is 13.2 Å². The van der Waals surface area contributed by atoms with Crippen molar-refractivity contribution in [1.29, 1.82) is 0 Å². The molecule has 1 N–H and O–H groups in total. The van der Waals surface area contributed by atoms with E-state index in [1.807, 2.05) is 6.07 Å². The van der Waals surface area contributed by atoms with E-state index in [1.165, 1.54) is 24.8 Å². The summed E-state index contributed by atoms with van der Waals surface area (Å²) in [5.74, 6) is 2.26. The first kappa shape index (κ1) is 12.8. The number of hydrogen-bond acceptors (Lipinski definition) is 2. The molecule has 1 aromatic carbocycles. The second-order valence-corrected chi connectivity index (χ2v) is 7.09. The van der Waals surface area contributed by atoms with Crippen molar-refractivity contribution in [1.82, 2.24) is 0 Å². The van der Waals surface area contributed by atoms with Crippen LogP contribution in [0.4, 0.5) is 0 Å². The van der Waals surface area contributed by atoms with Crippen molar-refractivity contribution in [2.45, 2.75) is 46.0 Å². The SMILES string of the molecule is COc1cc(C2C[C@@H]3CC[C@]2(C)C3(C)C)ccc1O. The second-order valence-electron chi connectivity index (χ2n) is 7.09. The first-order valence-corrected chi connectivity index (χ1v) is 7.27. The Hall–Kier alpha value is -1.18. The summed E-state index contributed by atoms with van der Waals surface area (Å²) >= 11 is 0. The van der Waals surface area contributed by atoms with Crippen molar-refractivity contribution in [3.8, 4) is 11.5 Å². The van der Waals surface area contributed by atoms with Gasteiger partial charge in [-0.05, 0) is 59.6 Å². The zero-order chi connectivity index (χ0) is 13.8. The van der Waals surface area contributed by atoms with Crippen molar-refractivity contribution >= 4 is 0 Å². The van der Waals surface area contributed by atoms with Gasteiger partial charge < -0.3 is 9.84 Å². The summed E-state index contributed by atoms with van der Waals surface area (Å²) in [6, 6.07) is 5.88. The fourth-order valence-electron chi connectivity index (χ4n) is 4.62. The molecule has 1 aromatic rings. The molecule has 0 spiro atoms. The highest BCUT2D eigenvalue weighted by Crippen LogP contribution is 2.71. The zero-order valence-corrected chi connectivity index (χ0v) is 12.4. The van der Waals surface area contributed by atoms with Gasteiger partial charge in [0.2, 0.25) is 0 Å². The van der Waals surface area contributed by atoms with Crippen LogP contribution >= 0.6 is 0 Å². The van der Waals surface area contributed by atoms with Crippen LogP contribution in [0.15, 0.2) is 18.2 Å². The normalized spacial score (nSPS) is 35.6. The van der Waals surface area contributed by atoms with E-state index in [-0.39, 0.29) is 5.75 Å². The minimum atomic E-state index is 0.235. The van der Waals surface area contributed by atoms with Crippen molar-refractivity contribution in [2.75, 3.05) is 7.11 Å². The van der Waals surface area contributed by atoms with Gasteiger partial charge in [0.1, 0.15) is 0 Å². The molecule has 19 heavy (non-hydrogen) atoms. The highest BCUT2D eigenvalue weighted by atomic mass is 16.5. The van der Waals surface area contributed by atoms with Crippen molar-refractivity contribution in [2.24, 2.45) is 16.7 Å². The minimum absolute atomic E-state index is 0.235. The Morgan fingerprint density at radius 1 is 1.26 bits per heavy atom. The molecule has 1 unspecified atom stereocenters. The summed E-state index contributed by atoms with van der Waals surface area (Å²) in [4.78, 5) is 0. The summed E-state index contributed by atoms with van der Waals surface area (Å²) in [6.07, 6.45) is 3.96.